The summed E-state index contributed by atoms with van der Waals surface area (Å²) in [4.78, 5) is 38.0. The minimum absolute atomic E-state index is 0.0422. The van der Waals surface area contributed by atoms with Crippen LogP contribution in [0.15, 0.2) is 23.8 Å². The molecule has 0 N–H and O–H groups in total. The lowest BCUT2D eigenvalue weighted by Crippen LogP contribution is -2.63. The minimum atomic E-state index is -1.41. The van der Waals surface area contributed by atoms with E-state index in [0.717, 1.165) is 19.3 Å². The van der Waals surface area contributed by atoms with Crippen molar-refractivity contribution in [2.45, 2.75) is 71.5 Å². The first kappa shape index (κ1) is 24.0. The molecule has 0 aromatic heterocycles. The van der Waals surface area contributed by atoms with Gasteiger partial charge in [-0.15, -0.1) is 0 Å². The Balaban J connectivity index is 1.76. The molecule has 4 aliphatic carbocycles. The summed E-state index contributed by atoms with van der Waals surface area (Å²) in [6.45, 7) is 8.10. The summed E-state index contributed by atoms with van der Waals surface area (Å²) in [6.07, 6.45) is 7.97. The highest BCUT2D eigenvalue weighted by molar-refractivity contribution is 6.01. The second-order valence-electron chi connectivity index (χ2n) is 10.3. The number of allylic oxidation sites excluding steroid dienone is 4. The number of methoxy groups -OCH3 is 1. The third-order valence-corrected chi connectivity index (χ3v) is 9.02. The number of rotatable bonds is 5. The standard InChI is InChI=1S/C26H36O7/c1-6-31-22(28)26(33-23(29)32-7-2)13-11-19-18-9-8-16-14-17(27)10-12-24(16,3)21(18)20(30-5)15-25(19,26)4/h10,12,14,18-21H,6-9,11,13,15H2,1-5H3/t18?,19?,20?,21?,24?,25?,26-/m0/s1. The zero-order valence-corrected chi connectivity index (χ0v) is 20.3. The SMILES string of the molecule is CCOC(=O)O[C@]1(C(=O)OCC)CCC2C3CCC4=CC(=O)C=CC4(C)C3C(OC)CC21C. The summed E-state index contributed by atoms with van der Waals surface area (Å²) in [7, 11) is 1.71. The Hall–Kier alpha value is -2.15. The van der Waals surface area contributed by atoms with Crippen LogP contribution in [-0.4, -0.2) is 49.9 Å². The Kier molecular flexibility index (Phi) is 6.23. The van der Waals surface area contributed by atoms with E-state index in [1.54, 1.807) is 33.1 Å². The average molecular weight is 461 g/mol. The van der Waals surface area contributed by atoms with Crippen LogP contribution in [0.4, 0.5) is 4.79 Å². The summed E-state index contributed by atoms with van der Waals surface area (Å²) in [5.74, 6) is 0.126. The van der Waals surface area contributed by atoms with Crippen molar-refractivity contribution in [3.8, 4) is 0 Å². The molecule has 7 heteroatoms. The number of hydrogen-bond donors (Lipinski definition) is 0. The molecule has 0 aromatic rings. The van der Waals surface area contributed by atoms with E-state index in [-0.39, 0.29) is 48.3 Å². The zero-order valence-electron chi connectivity index (χ0n) is 20.3. The molecular formula is C26H36O7. The fraction of sp³-hybridized carbons (Fsp3) is 0.731. The van der Waals surface area contributed by atoms with E-state index in [9.17, 15) is 14.4 Å². The lowest BCUT2D eigenvalue weighted by molar-refractivity contribution is -0.203. The largest absolute Gasteiger partial charge is 0.509 e. The van der Waals surface area contributed by atoms with Gasteiger partial charge in [0.25, 0.3) is 0 Å². The molecule has 4 rings (SSSR count). The normalized spacial score (nSPS) is 41.4. The molecule has 0 amide bonds. The van der Waals surface area contributed by atoms with Crippen molar-refractivity contribution in [3.05, 3.63) is 23.8 Å². The topological polar surface area (TPSA) is 88.1 Å². The minimum Gasteiger partial charge on any atom is -0.463 e. The van der Waals surface area contributed by atoms with E-state index in [0.29, 0.717) is 12.8 Å². The van der Waals surface area contributed by atoms with E-state index in [4.69, 9.17) is 18.9 Å². The molecule has 7 atom stereocenters. The van der Waals surface area contributed by atoms with Gasteiger partial charge in [0.1, 0.15) is 0 Å². The molecule has 0 heterocycles. The number of ketones is 1. The Morgan fingerprint density at radius 2 is 1.85 bits per heavy atom. The molecule has 6 unspecified atom stereocenters. The lowest BCUT2D eigenvalue weighted by atomic mass is 9.46. The van der Waals surface area contributed by atoms with E-state index in [1.807, 2.05) is 0 Å². The molecule has 7 nitrogen and oxygen atoms in total. The Labute approximate surface area is 195 Å². The molecule has 3 saturated carbocycles. The van der Waals surface area contributed by atoms with Crippen LogP contribution in [-0.2, 0) is 28.5 Å². The fourth-order valence-electron chi connectivity index (χ4n) is 7.59. The van der Waals surface area contributed by atoms with E-state index in [2.05, 4.69) is 19.9 Å². The maximum absolute atomic E-state index is 13.4. The van der Waals surface area contributed by atoms with E-state index >= 15 is 0 Å². The molecule has 0 saturated heterocycles. The van der Waals surface area contributed by atoms with Crippen molar-refractivity contribution in [1.82, 2.24) is 0 Å². The third kappa shape index (κ3) is 3.46. The van der Waals surface area contributed by atoms with Gasteiger partial charge in [-0.1, -0.05) is 25.5 Å². The molecule has 4 aliphatic rings. The maximum atomic E-state index is 13.4. The molecular weight excluding hydrogens is 424 g/mol. The second-order valence-corrected chi connectivity index (χ2v) is 10.3. The highest BCUT2D eigenvalue weighted by Crippen LogP contribution is 2.68. The van der Waals surface area contributed by atoms with Gasteiger partial charge < -0.3 is 18.9 Å². The Morgan fingerprint density at radius 3 is 2.52 bits per heavy atom. The average Bonchev–Trinajstić information content (AvgIpc) is 3.06. The highest BCUT2D eigenvalue weighted by atomic mass is 16.7. The van der Waals surface area contributed by atoms with Crippen LogP contribution in [0.1, 0.15) is 59.8 Å². The molecule has 33 heavy (non-hydrogen) atoms. The molecule has 3 fully saturated rings. The van der Waals surface area contributed by atoms with Crippen molar-refractivity contribution < 1.29 is 33.3 Å². The van der Waals surface area contributed by atoms with Gasteiger partial charge in [-0.05, 0) is 69.9 Å². The molecule has 0 bridgehead atoms. The highest BCUT2D eigenvalue weighted by Gasteiger charge is 2.71. The quantitative estimate of drug-likeness (QED) is 0.562. The summed E-state index contributed by atoms with van der Waals surface area (Å²) in [5.41, 5.74) is -1.16. The number of ether oxygens (including phenoxy) is 4. The Morgan fingerprint density at radius 1 is 1.12 bits per heavy atom. The monoisotopic (exact) mass is 460 g/mol. The van der Waals surface area contributed by atoms with Crippen molar-refractivity contribution in [2.75, 3.05) is 20.3 Å². The first-order valence-electron chi connectivity index (χ1n) is 12.2. The van der Waals surface area contributed by atoms with Gasteiger partial charge in [0.2, 0.25) is 5.60 Å². The predicted octanol–water partition coefficient (Wildman–Crippen LogP) is 4.39. The Bertz CT molecular complexity index is 891. The van der Waals surface area contributed by atoms with Crippen LogP contribution < -0.4 is 0 Å². The molecule has 0 aliphatic heterocycles. The zero-order chi connectivity index (χ0) is 24.0. The van der Waals surface area contributed by atoms with Crippen molar-refractivity contribution in [1.29, 1.82) is 0 Å². The number of carbonyl (C=O) groups is 3. The smallest absolute Gasteiger partial charge is 0.463 e. The lowest BCUT2D eigenvalue weighted by Gasteiger charge is -2.60. The predicted molar refractivity (Wildman–Crippen MR) is 120 cm³/mol. The fourth-order valence-corrected chi connectivity index (χ4v) is 7.59. The number of fused-ring (bicyclic) bond motifs is 5. The van der Waals surface area contributed by atoms with Crippen molar-refractivity contribution in [2.24, 2.45) is 28.6 Å². The van der Waals surface area contributed by atoms with Gasteiger partial charge in [-0.3, -0.25) is 4.79 Å². The summed E-state index contributed by atoms with van der Waals surface area (Å²) in [5, 5.41) is 0. The van der Waals surface area contributed by atoms with Crippen molar-refractivity contribution in [3.63, 3.8) is 0 Å². The second kappa shape index (κ2) is 8.57. The molecule has 182 valence electrons. The molecule has 0 spiro atoms. The van der Waals surface area contributed by atoms with Crippen LogP contribution in [0.25, 0.3) is 0 Å². The summed E-state index contributed by atoms with van der Waals surface area (Å²) < 4.78 is 22.5. The van der Waals surface area contributed by atoms with E-state index < -0.39 is 23.1 Å². The summed E-state index contributed by atoms with van der Waals surface area (Å²) in [6, 6.07) is 0. The van der Waals surface area contributed by atoms with Crippen LogP contribution >= 0.6 is 0 Å². The van der Waals surface area contributed by atoms with Gasteiger partial charge in [0, 0.05) is 23.9 Å². The molecule has 0 aromatic carbocycles. The number of esters is 1. The van der Waals surface area contributed by atoms with Crippen LogP contribution in [0.2, 0.25) is 0 Å². The van der Waals surface area contributed by atoms with Gasteiger partial charge in [-0.25, -0.2) is 9.59 Å². The number of carbonyl (C=O) groups excluding carboxylic acids is 3. The van der Waals surface area contributed by atoms with Crippen LogP contribution in [0, 0.1) is 28.6 Å². The first-order chi connectivity index (χ1) is 15.7. The van der Waals surface area contributed by atoms with Crippen molar-refractivity contribution >= 4 is 17.9 Å². The molecule has 0 radical (unpaired) electrons. The van der Waals surface area contributed by atoms with Gasteiger partial charge in [0.05, 0.1) is 19.3 Å². The maximum Gasteiger partial charge on any atom is 0.509 e. The van der Waals surface area contributed by atoms with Crippen LogP contribution in [0.5, 0.6) is 0 Å². The van der Waals surface area contributed by atoms with Gasteiger partial charge in [-0.2, -0.15) is 0 Å². The van der Waals surface area contributed by atoms with Gasteiger partial charge in [0.15, 0.2) is 5.78 Å². The summed E-state index contributed by atoms with van der Waals surface area (Å²) >= 11 is 0. The number of hydrogen-bond acceptors (Lipinski definition) is 7. The first-order valence-corrected chi connectivity index (χ1v) is 12.2. The third-order valence-electron chi connectivity index (χ3n) is 9.02. The van der Waals surface area contributed by atoms with Crippen LogP contribution in [0.3, 0.4) is 0 Å². The van der Waals surface area contributed by atoms with Gasteiger partial charge >= 0.3 is 12.1 Å². The van der Waals surface area contributed by atoms with E-state index in [1.165, 1.54) is 5.57 Å².